The third kappa shape index (κ3) is 2.86. The van der Waals surface area contributed by atoms with Gasteiger partial charge in [0.2, 0.25) is 0 Å². The van der Waals surface area contributed by atoms with Gasteiger partial charge in [0, 0.05) is 0 Å². The fourth-order valence-corrected chi connectivity index (χ4v) is 7.73. The summed E-state index contributed by atoms with van der Waals surface area (Å²) in [6.45, 7) is 0. The Morgan fingerprint density at radius 3 is 1.40 bits per heavy atom. The summed E-state index contributed by atoms with van der Waals surface area (Å²) in [7, 11) is 0. The molecule has 0 fully saturated rings. The SMILES string of the molecule is c1cc2ccc3ccc(-c4cc5ccc6cccc7c8ccccc8c8ccccc8c(c4)c5c67)c4ccc(c1)c2c34. The first kappa shape index (κ1) is 22.3. The topological polar surface area (TPSA) is 0 Å². The zero-order chi connectivity index (χ0) is 27.4. The van der Waals surface area contributed by atoms with Crippen molar-refractivity contribution in [1.82, 2.24) is 0 Å². The molecule has 0 aromatic heterocycles. The fourth-order valence-electron chi connectivity index (χ4n) is 7.73. The second-order valence-corrected chi connectivity index (χ2v) is 11.7. The molecule has 0 amide bonds. The van der Waals surface area contributed by atoms with Gasteiger partial charge in [-0.15, -0.1) is 0 Å². The number of rotatable bonds is 1. The summed E-state index contributed by atoms with van der Waals surface area (Å²) in [5.74, 6) is 0. The van der Waals surface area contributed by atoms with Crippen molar-refractivity contribution in [3.05, 3.63) is 146 Å². The normalized spacial score (nSPS) is 12.3. The molecule has 10 rings (SSSR count). The van der Waals surface area contributed by atoms with Gasteiger partial charge in [0.05, 0.1) is 0 Å². The molecule has 0 bridgehead atoms. The Bertz CT molecular complexity index is 2710. The summed E-state index contributed by atoms with van der Waals surface area (Å²) in [6, 6.07) is 54.5. The van der Waals surface area contributed by atoms with Crippen LogP contribution in [0.1, 0.15) is 0 Å². The van der Waals surface area contributed by atoms with E-state index in [1.807, 2.05) is 0 Å². The molecule has 0 aliphatic heterocycles. The van der Waals surface area contributed by atoms with Crippen LogP contribution in [0, 0.1) is 0 Å². The van der Waals surface area contributed by atoms with E-state index in [1.54, 1.807) is 0 Å². The Kier molecular flexibility index (Phi) is 4.27. The predicted octanol–water partition coefficient (Wildman–Crippen LogP) is 12.0. The van der Waals surface area contributed by atoms with Crippen LogP contribution in [-0.2, 0) is 0 Å². The molecule has 0 saturated heterocycles. The Morgan fingerprint density at radius 1 is 0.238 bits per heavy atom. The predicted molar refractivity (Wildman–Crippen MR) is 183 cm³/mol. The molecule has 10 aromatic carbocycles. The van der Waals surface area contributed by atoms with Crippen LogP contribution in [0.4, 0.5) is 0 Å². The molecule has 0 atom stereocenters. The highest BCUT2D eigenvalue weighted by molar-refractivity contribution is 6.33. The van der Waals surface area contributed by atoms with Crippen LogP contribution in [-0.4, -0.2) is 0 Å². The van der Waals surface area contributed by atoms with Crippen LogP contribution in [0.25, 0.3) is 97.3 Å². The Labute approximate surface area is 242 Å². The monoisotopic (exact) mass is 528 g/mol. The minimum Gasteiger partial charge on any atom is -0.0616 e. The summed E-state index contributed by atoms with van der Waals surface area (Å²) < 4.78 is 0. The zero-order valence-electron chi connectivity index (χ0n) is 22.9. The van der Waals surface area contributed by atoms with Crippen LogP contribution >= 0.6 is 0 Å². The van der Waals surface area contributed by atoms with E-state index in [2.05, 4.69) is 146 Å². The van der Waals surface area contributed by atoms with Crippen molar-refractivity contribution in [2.24, 2.45) is 0 Å². The number of fused-ring (bicyclic) bond motifs is 5. The highest BCUT2D eigenvalue weighted by atomic mass is 14.2. The standard InChI is InChI=1S/C42H24/c1-3-12-34-32(10-1)33-11-2-4-13-35(33)38-24-30(23-29-18-17-27-9-6-14-36(34)41(27)42(29)38)31-21-19-28-16-15-25-7-5-8-26-20-22-37(31)40(28)39(25)26/h1-24H. The molecule has 10 aromatic rings. The average Bonchev–Trinajstić information content (AvgIpc) is 3.05. The van der Waals surface area contributed by atoms with E-state index in [0.29, 0.717) is 0 Å². The molecule has 0 unspecified atom stereocenters. The summed E-state index contributed by atoms with van der Waals surface area (Å²) in [4.78, 5) is 0. The molecular formula is C42H24. The van der Waals surface area contributed by atoms with E-state index in [0.717, 1.165) is 0 Å². The smallest absolute Gasteiger partial charge is 0.00199 e. The van der Waals surface area contributed by atoms with E-state index >= 15 is 0 Å². The minimum atomic E-state index is 1.26. The first-order valence-electron chi connectivity index (χ1n) is 14.7. The van der Waals surface area contributed by atoms with Gasteiger partial charge in [-0.25, -0.2) is 0 Å². The first-order chi connectivity index (χ1) is 20.8. The molecule has 0 spiro atoms. The van der Waals surface area contributed by atoms with Crippen LogP contribution in [0.2, 0.25) is 0 Å². The maximum atomic E-state index is 2.46. The second-order valence-electron chi connectivity index (χ2n) is 11.7. The van der Waals surface area contributed by atoms with Gasteiger partial charge in [-0.3, -0.25) is 0 Å². The molecule has 0 N–H and O–H groups in total. The van der Waals surface area contributed by atoms with Gasteiger partial charge >= 0.3 is 0 Å². The van der Waals surface area contributed by atoms with E-state index in [9.17, 15) is 0 Å². The lowest BCUT2D eigenvalue weighted by Crippen LogP contribution is -1.89. The van der Waals surface area contributed by atoms with E-state index < -0.39 is 0 Å². The van der Waals surface area contributed by atoms with E-state index in [-0.39, 0.29) is 0 Å². The Hall–Kier alpha value is -5.46. The highest BCUT2D eigenvalue weighted by Crippen LogP contribution is 2.44. The summed E-state index contributed by atoms with van der Waals surface area (Å²) in [5.41, 5.74) is 2.54. The molecule has 0 aliphatic carbocycles. The van der Waals surface area contributed by atoms with Gasteiger partial charge in [-0.1, -0.05) is 133 Å². The minimum absolute atomic E-state index is 1.26. The van der Waals surface area contributed by atoms with Gasteiger partial charge in [0.1, 0.15) is 0 Å². The maximum absolute atomic E-state index is 2.46. The van der Waals surface area contributed by atoms with Gasteiger partial charge < -0.3 is 0 Å². The third-order valence-electron chi connectivity index (χ3n) is 9.52. The molecule has 0 saturated carbocycles. The molecule has 0 radical (unpaired) electrons. The number of hydrogen-bond acceptors (Lipinski definition) is 0. The summed E-state index contributed by atoms with van der Waals surface area (Å²) in [6.07, 6.45) is 0. The van der Waals surface area contributed by atoms with Crippen LogP contribution < -0.4 is 0 Å². The summed E-state index contributed by atoms with van der Waals surface area (Å²) in [5, 5.41) is 20.9. The van der Waals surface area contributed by atoms with Crippen LogP contribution in [0.5, 0.6) is 0 Å². The molecule has 42 heavy (non-hydrogen) atoms. The Balaban J connectivity index is 1.44. The fraction of sp³-hybridized carbons (Fsp3) is 0. The number of hydrogen-bond donors (Lipinski definition) is 0. The quantitative estimate of drug-likeness (QED) is 0.186. The highest BCUT2D eigenvalue weighted by Gasteiger charge is 2.16. The first-order valence-corrected chi connectivity index (χ1v) is 14.7. The lowest BCUT2D eigenvalue weighted by molar-refractivity contribution is 1.72. The van der Waals surface area contributed by atoms with Crippen LogP contribution in [0.3, 0.4) is 0 Å². The van der Waals surface area contributed by atoms with Crippen molar-refractivity contribution in [3.8, 4) is 11.1 Å². The van der Waals surface area contributed by atoms with Crippen molar-refractivity contribution < 1.29 is 0 Å². The Morgan fingerprint density at radius 2 is 0.690 bits per heavy atom. The molecule has 0 aliphatic rings. The number of benzene rings is 9. The van der Waals surface area contributed by atoms with Crippen molar-refractivity contribution in [3.63, 3.8) is 0 Å². The lowest BCUT2D eigenvalue weighted by atomic mass is 9.86. The molecule has 0 nitrogen and oxygen atoms in total. The van der Waals surface area contributed by atoms with Crippen molar-refractivity contribution in [1.29, 1.82) is 0 Å². The van der Waals surface area contributed by atoms with Crippen molar-refractivity contribution >= 4 is 86.2 Å². The maximum Gasteiger partial charge on any atom is -0.00199 e. The zero-order valence-corrected chi connectivity index (χ0v) is 22.9. The largest absolute Gasteiger partial charge is 0.0616 e. The second kappa shape index (κ2) is 8.06. The van der Waals surface area contributed by atoms with E-state index in [1.165, 1.54) is 97.3 Å². The van der Waals surface area contributed by atoms with Gasteiger partial charge in [0.25, 0.3) is 0 Å². The van der Waals surface area contributed by atoms with Crippen molar-refractivity contribution in [2.45, 2.75) is 0 Å². The van der Waals surface area contributed by atoms with E-state index in [4.69, 9.17) is 0 Å². The average molecular weight is 529 g/mol. The molecule has 0 heterocycles. The third-order valence-corrected chi connectivity index (χ3v) is 9.52. The lowest BCUT2D eigenvalue weighted by Gasteiger charge is -2.17. The molecular weight excluding hydrogens is 504 g/mol. The molecule has 0 heteroatoms. The van der Waals surface area contributed by atoms with Crippen LogP contribution in [0.15, 0.2) is 146 Å². The van der Waals surface area contributed by atoms with Crippen molar-refractivity contribution in [2.75, 3.05) is 0 Å². The van der Waals surface area contributed by atoms with Gasteiger partial charge in [-0.05, 0) is 109 Å². The van der Waals surface area contributed by atoms with Gasteiger partial charge in [0.15, 0.2) is 0 Å². The molecule has 192 valence electrons. The van der Waals surface area contributed by atoms with Gasteiger partial charge in [-0.2, -0.15) is 0 Å². The summed E-state index contributed by atoms with van der Waals surface area (Å²) >= 11 is 0.